The summed E-state index contributed by atoms with van der Waals surface area (Å²) in [5.74, 6) is 1.30. The summed E-state index contributed by atoms with van der Waals surface area (Å²) in [7, 11) is 0. The van der Waals surface area contributed by atoms with Gasteiger partial charge in [-0.05, 0) is 54.6 Å². The van der Waals surface area contributed by atoms with E-state index in [1.165, 1.54) is 5.69 Å². The summed E-state index contributed by atoms with van der Waals surface area (Å²) < 4.78 is 0. The molecular weight excluding hydrogens is 439 g/mol. The standard InChI is InChI=1S/C22H26Cl2N4OS/c23-19-7-5-18(6-8-19)16-25-26-22(29)17-30-14-2-9-27-10-12-28(13-11-27)21-4-1-3-20(24)15-21/h1,3-8,15-16H,2,9-14,17H2,(H,26,29)/b25-16-. The van der Waals surface area contributed by atoms with Crippen LogP contribution in [0.1, 0.15) is 12.0 Å². The third-order valence-electron chi connectivity index (χ3n) is 4.81. The number of hydrazone groups is 1. The van der Waals surface area contributed by atoms with Crippen LogP contribution in [0.5, 0.6) is 0 Å². The van der Waals surface area contributed by atoms with Crippen LogP contribution in [0.3, 0.4) is 0 Å². The number of benzene rings is 2. The molecule has 1 aliphatic rings. The Labute approximate surface area is 192 Å². The number of thioether (sulfide) groups is 1. The van der Waals surface area contributed by atoms with Gasteiger partial charge in [-0.15, -0.1) is 0 Å². The van der Waals surface area contributed by atoms with Crippen molar-refractivity contribution in [3.8, 4) is 0 Å². The van der Waals surface area contributed by atoms with E-state index in [2.05, 4.69) is 26.4 Å². The average Bonchev–Trinajstić information content (AvgIpc) is 2.75. The molecule has 0 atom stereocenters. The molecule has 1 heterocycles. The van der Waals surface area contributed by atoms with E-state index < -0.39 is 0 Å². The minimum atomic E-state index is -0.0830. The first-order chi connectivity index (χ1) is 14.6. The monoisotopic (exact) mass is 464 g/mol. The van der Waals surface area contributed by atoms with Crippen LogP contribution in [0.25, 0.3) is 0 Å². The molecule has 0 aromatic heterocycles. The van der Waals surface area contributed by atoms with E-state index in [-0.39, 0.29) is 5.91 Å². The summed E-state index contributed by atoms with van der Waals surface area (Å²) in [5, 5.41) is 5.44. The van der Waals surface area contributed by atoms with Gasteiger partial charge in [0.15, 0.2) is 0 Å². The van der Waals surface area contributed by atoms with Gasteiger partial charge in [0, 0.05) is 41.9 Å². The highest BCUT2D eigenvalue weighted by Crippen LogP contribution is 2.20. The number of nitrogens with zero attached hydrogens (tertiary/aromatic N) is 3. The molecule has 3 rings (SSSR count). The van der Waals surface area contributed by atoms with Crippen molar-refractivity contribution in [3.05, 3.63) is 64.1 Å². The van der Waals surface area contributed by atoms with Crippen LogP contribution in [0.15, 0.2) is 53.6 Å². The smallest absolute Gasteiger partial charge is 0.250 e. The number of hydrogen-bond acceptors (Lipinski definition) is 5. The molecule has 1 aliphatic heterocycles. The van der Waals surface area contributed by atoms with Crippen molar-refractivity contribution in [2.24, 2.45) is 5.10 Å². The van der Waals surface area contributed by atoms with Gasteiger partial charge in [-0.3, -0.25) is 9.69 Å². The quantitative estimate of drug-likeness (QED) is 0.339. The van der Waals surface area contributed by atoms with E-state index in [0.717, 1.165) is 55.5 Å². The van der Waals surface area contributed by atoms with Crippen molar-refractivity contribution in [3.63, 3.8) is 0 Å². The Morgan fingerprint density at radius 2 is 1.83 bits per heavy atom. The van der Waals surface area contributed by atoms with Crippen molar-refractivity contribution < 1.29 is 4.79 Å². The molecule has 1 fully saturated rings. The summed E-state index contributed by atoms with van der Waals surface area (Å²) in [6.45, 7) is 5.20. The number of rotatable bonds is 9. The SMILES string of the molecule is O=C(CSCCCN1CCN(c2cccc(Cl)c2)CC1)N/N=C\c1ccc(Cl)cc1. The first kappa shape index (κ1) is 22.9. The topological polar surface area (TPSA) is 47.9 Å². The number of halogens is 2. The van der Waals surface area contributed by atoms with Crippen LogP contribution < -0.4 is 10.3 Å². The van der Waals surface area contributed by atoms with E-state index in [4.69, 9.17) is 23.2 Å². The van der Waals surface area contributed by atoms with Gasteiger partial charge in [-0.25, -0.2) is 5.43 Å². The van der Waals surface area contributed by atoms with Crippen molar-refractivity contribution >= 4 is 52.8 Å². The normalized spacial score (nSPS) is 14.9. The van der Waals surface area contributed by atoms with Gasteiger partial charge in [-0.1, -0.05) is 41.4 Å². The van der Waals surface area contributed by atoms with E-state index in [1.54, 1.807) is 30.1 Å². The highest BCUT2D eigenvalue weighted by Gasteiger charge is 2.16. The molecule has 8 heteroatoms. The molecule has 0 radical (unpaired) electrons. The maximum Gasteiger partial charge on any atom is 0.250 e. The van der Waals surface area contributed by atoms with Gasteiger partial charge < -0.3 is 4.90 Å². The molecule has 0 aliphatic carbocycles. The molecule has 0 spiro atoms. The number of piperazine rings is 1. The largest absolute Gasteiger partial charge is 0.369 e. The summed E-state index contributed by atoms with van der Waals surface area (Å²) in [5.41, 5.74) is 4.65. The third-order valence-corrected chi connectivity index (χ3v) is 6.35. The second-order valence-corrected chi connectivity index (χ2v) is 9.04. The Balaban J connectivity index is 1.24. The molecule has 0 unspecified atom stereocenters. The molecule has 0 saturated carbocycles. The third kappa shape index (κ3) is 7.84. The summed E-state index contributed by atoms with van der Waals surface area (Å²) in [6, 6.07) is 15.3. The maximum absolute atomic E-state index is 11.9. The Hall–Kier alpha value is -1.73. The highest BCUT2D eigenvalue weighted by molar-refractivity contribution is 7.99. The predicted octanol–water partition coefficient (Wildman–Crippen LogP) is 4.39. The second-order valence-electron chi connectivity index (χ2n) is 7.06. The summed E-state index contributed by atoms with van der Waals surface area (Å²) in [6.07, 6.45) is 2.69. The van der Waals surface area contributed by atoms with E-state index in [1.807, 2.05) is 30.3 Å². The lowest BCUT2D eigenvalue weighted by molar-refractivity contribution is -0.118. The number of hydrogen-bond donors (Lipinski definition) is 1. The maximum atomic E-state index is 11.9. The van der Waals surface area contributed by atoms with Crippen LogP contribution in [0.4, 0.5) is 5.69 Å². The van der Waals surface area contributed by atoms with Crippen LogP contribution in [-0.2, 0) is 4.79 Å². The lowest BCUT2D eigenvalue weighted by atomic mass is 10.2. The Morgan fingerprint density at radius 3 is 2.57 bits per heavy atom. The van der Waals surface area contributed by atoms with Gasteiger partial charge in [-0.2, -0.15) is 16.9 Å². The molecule has 1 N–H and O–H groups in total. The first-order valence-corrected chi connectivity index (χ1v) is 11.9. The molecular formula is C22H26Cl2N4OS. The fraction of sp³-hybridized carbons (Fsp3) is 0.364. The summed E-state index contributed by atoms with van der Waals surface area (Å²) in [4.78, 5) is 16.7. The summed E-state index contributed by atoms with van der Waals surface area (Å²) >= 11 is 13.6. The minimum absolute atomic E-state index is 0.0830. The Morgan fingerprint density at radius 1 is 1.07 bits per heavy atom. The van der Waals surface area contributed by atoms with Crippen LogP contribution in [0, 0.1) is 0 Å². The number of carbonyl (C=O) groups is 1. The zero-order valence-electron chi connectivity index (χ0n) is 16.8. The fourth-order valence-electron chi connectivity index (χ4n) is 3.22. The van der Waals surface area contributed by atoms with Crippen LogP contribution in [0.2, 0.25) is 10.0 Å². The molecule has 1 amide bonds. The number of amides is 1. The minimum Gasteiger partial charge on any atom is -0.369 e. The fourth-order valence-corrected chi connectivity index (χ4v) is 4.26. The first-order valence-electron chi connectivity index (χ1n) is 9.98. The number of anilines is 1. The molecule has 160 valence electrons. The molecule has 5 nitrogen and oxygen atoms in total. The Bertz CT molecular complexity index is 839. The van der Waals surface area contributed by atoms with Crippen LogP contribution >= 0.6 is 35.0 Å². The van der Waals surface area contributed by atoms with Gasteiger partial charge in [0.05, 0.1) is 12.0 Å². The van der Waals surface area contributed by atoms with Gasteiger partial charge >= 0.3 is 0 Å². The second kappa shape index (κ2) is 12.2. The van der Waals surface area contributed by atoms with Crippen molar-refractivity contribution in [2.45, 2.75) is 6.42 Å². The van der Waals surface area contributed by atoms with E-state index >= 15 is 0 Å². The van der Waals surface area contributed by atoms with Crippen molar-refractivity contribution in [1.82, 2.24) is 10.3 Å². The Kier molecular flexibility index (Phi) is 9.33. The highest BCUT2D eigenvalue weighted by atomic mass is 35.5. The lowest BCUT2D eigenvalue weighted by Crippen LogP contribution is -2.46. The van der Waals surface area contributed by atoms with Crippen LogP contribution in [-0.4, -0.2) is 61.3 Å². The number of carbonyl (C=O) groups excluding carboxylic acids is 1. The predicted molar refractivity (Wildman–Crippen MR) is 129 cm³/mol. The zero-order chi connectivity index (χ0) is 21.2. The van der Waals surface area contributed by atoms with E-state index in [0.29, 0.717) is 10.8 Å². The molecule has 1 saturated heterocycles. The average molecular weight is 465 g/mol. The van der Waals surface area contributed by atoms with Gasteiger partial charge in [0.1, 0.15) is 0 Å². The molecule has 2 aromatic rings. The lowest BCUT2D eigenvalue weighted by Gasteiger charge is -2.36. The van der Waals surface area contributed by atoms with Gasteiger partial charge in [0.25, 0.3) is 0 Å². The van der Waals surface area contributed by atoms with E-state index in [9.17, 15) is 4.79 Å². The molecule has 0 bridgehead atoms. The zero-order valence-corrected chi connectivity index (χ0v) is 19.1. The number of nitrogens with one attached hydrogen (secondary N) is 1. The molecule has 2 aromatic carbocycles. The van der Waals surface area contributed by atoms with Crippen molar-refractivity contribution in [1.29, 1.82) is 0 Å². The molecule has 30 heavy (non-hydrogen) atoms. The van der Waals surface area contributed by atoms with Gasteiger partial charge in [0.2, 0.25) is 5.91 Å². The van der Waals surface area contributed by atoms with Crippen molar-refractivity contribution in [2.75, 3.05) is 49.1 Å².